The van der Waals surface area contributed by atoms with Gasteiger partial charge in [0.25, 0.3) is 0 Å². The molecule has 1 heterocycles. The van der Waals surface area contributed by atoms with Crippen LogP contribution in [-0.2, 0) is 11.2 Å². The minimum Gasteiger partial charge on any atom is -0.342 e. The number of hydrogen-bond donors (Lipinski definition) is 0. The molecular formula is C18H21NO. The standard InChI is InChI=1S/C18H21NO/c1-14-8-10-19(11-9-14)18(20)13-15-6-7-16-4-2-3-5-17(16)12-15/h2-7,12,14H,8-11,13H2,1H3. The fourth-order valence-electron chi connectivity index (χ4n) is 2.89. The summed E-state index contributed by atoms with van der Waals surface area (Å²) >= 11 is 0. The van der Waals surface area contributed by atoms with Crippen LogP contribution < -0.4 is 0 Å². The minimum absolute atomic E-state index is 0.271. The van der Waals surface area contributed by atoms with E-state index in [1.807, 2.05) is 17.0 Å². The third kappa shape index (κ3) is 2.84. The van der Waals surface area contributed by atoms with Gasteiger partial charge in [0.15, 0.2) is 0 Å². The molecule has 0 spiro atoms. The molecule has 0 unspecified atom stereocenters. The van der Waals surface area contributed by atoms with Gasteiger partial charge < -0.3 is 4.90 Å². The molecule has 1 aliphatic rings. The Balaban J connectivity index is 1.71. The van der Waals surface area contributed by atoms with Gasteiger partial charge in [-0.25, -0.2) is 0 Å². The molecule has 104 valence electrons. The van der Waals surface area contributed by atoms with E-state index < -0.39 is 0 Å². The van der Waals surface area contributed by atoms with Gasteiger partial charge in [0.2, 0.25) is 5.91 Å². The monoisotopic (exact) mass is 267 g/mol. The van der Waals surface area contributed by atoms with E-state index >= 15 is 0 Å². The van der Waals surface area contributed by atoms with Gasteiger partial charge in [-0.15, -0.1) is 0 Å². The van der Waals surface area contributed by atoms with E-state index in [1.165, 1.54) is 10.8 Å². The third-order valence-electron chi connectivity index (χ3n) is 4.31. The van der Waals surface area contributed by atoms with Crippen LogP contribution in [-0.4, -0.2) is 23.9 Å². The Labute approximate surface area is 120 Å². The SMILES string of the molecule is CC1CCN(C(=O)Cc2ccc3ccccc3c2)CC1. The van der Waals surface area contributed by atoms with Gasteiger partial charge in [0.1, 0.15) is 0 Å². The molecule has 2 nitrogen and oxygen atoms in total. The largest absolute Gasteiger partial charge is 0.342 e. The van der Waals surface area contributed by atoms with Crippen LogP contribution in [0.2, 0.25) is 0 Å². The first-order chi connectivity index (χ1) is 9.72. The number of hydrogen-bond acceptors (Lipinski definition) is 1. The lowest BCUT2D eigenvalue weighted by atomic mass is 9.98. The van der Waals surface area contributed by atoms with E-state index in [2.05, 4.69) is 37.3 Å². The number of piperidine rings is 1. The maximum Gasteiger partial charge on any atom is 0.226 e. The number of fused-ring (bicyclic) bond motifs is 1. The zero-order valence-corrected chi connectivity index (χ0v) is 12.0. The molecule has 1 aliphatic heterocycles. The lowest BCUT2D eigenvalue weighted by Gasteiger charge is -2.30. The highest BCUT2D eigenvalue weighted by Crippen LogP contribution is 2.19. The molecule has 0 aromatic heterocycles. The van der Waals surface area contributed by atoms with Crippen molar-refractivity contribution < 1.29 is 4.79 Å². The van der Waals surface area contributed by atoms with Gasteiger partial charge >= 0.3 is 0 Å². The molecule has 20 heavy (non-hydrogen) atoms. The van der Waals surface area contributed by atoms with Crippen molar-refractivity contribution in [1.29, 1.82) is 0 Å². The summed E-state index contributed by atoms with van der Waals surface area (Å²) in [4.78, 5) is 14.4. The van der Waals surface area contributed by atoms with Gasteiger partial charge in [-0.3, -0.25) is 4.79 Å². The predicted octanol–water partition coefficient (Wildman–Crippen LogP) is 3.64. The smallest absolute Gasteiger partial charge is 0.226 e. The predicted molar refractivity (Wildman–Crippen MR) is 82.6 cm³/mol. The second-order valence-electron chi connectivity index (χ2n) is 5.92. The number of rotatable bonds is 2. The molecule has 2 aromatic rings. The molecule has 1 amide bonds. The Morgan fingerprint density at radius 1 is 1.10 bits per heavy atom. The molecule has 1 fully saturated rings. The highest BCUT2D eigenvalue weighted by molar-refractivity contribution is 5.85. The average Bonchev–Trinajstić information content (AvgIpc) is 2.48. The summed E-state index contributed by atoms with van der Waals surface area (Å²) < 4.78 is 0. The molecule has 0 aliphatic carbocycles. The van der Waals surface area contributed by atoms with E-state index in [1.54, 1.807) is 0 Å². The van der Waals surface area contributed by atoms with Gasteiger partial charge in [-0.1, -0.05) is 49.4 Å². The zero-order valence-electron chi connectivity index (χ0n) is 12.0. The molecule has 2 aromatic carbocycles. The van der Waals surface area contributed by atoms with Gasteiger partial charge in [-0.2, -0.15) is 0 Å². The Morgan fingerprint density at radius 3 is 2.55 bits per heavy atom. The van der Waals surface area contributed by atoms with Gasteiger partial charge in [0.05, 0.1) is 6.42 Å². The molecule has 3 rings (SSSR count). The van der Waals surface area contributed by atoms with Crippen molar-refractivity contribution in [3.8, 4) is 0 Å². The van der Waals surface area contributed by atoms with Crippen molar-refractivity contribution in [2.75, 3.05) is 13.1 Å². The minimum atomic E-state index is 0.271. The maximum absolute atomic E-state index is 12.3. The van der Waals surface area contributed by atoms with Crippen LogP contribution in [0.3, 0.4) is 0 Å². The number of benzene rings is 2. The first-order valence-electron chi connectivity index (χ1n) is 7.48. The van der Waals surface area contributed by atoms with Crippen molar-refractivity contribution >= 4 is 16.7 Å². The Kier molecular flexibility index (Phi) is 3.72. The van der Waals surface area contributed by atoms with E-state index in [-0.39, 0.29) is 5.91 Å². The van der Waals surface area contributed by atoms with E-state index in [9.17, 15) is 4.79 Å². The fourth-order valence-corrected chi connectivity index (χ4v) is 2.89. The van der Waals surface area contributed by atoms with Crippen LogP contribution in [0.15, 0.2) is 42.5 Å². The topological polar surface area (TPSA) is 20.3 Å². The summed E-state index contributed by atoms with van der Waals surface area (Å²) in [7, 11) is 0. The molecular weight excluding hydrogens is 246 g/mol. The zero-order chi connectivity index (χ0) is 13.9. The second kappa shape index (κ2) is 5.66. The third-order valence-corrected chi connectivity index (χ3v) is 4.31. The van der Waals surface area contributed by atoms with Crippen molar-refractivity contribution in [2.45, 2.75) is 26.2 Å². The normalized spacial score (nSPS) is 16.6. The second-order valence-corrected chi connectivity index (χ2v) is 5.92. The summed E-state index contributed by atoms with van der Waals surface area (Å²) in [5.74, 6) is 1.03. The van der Waals surface area contributed by atoms with E-state index in [4.69, 9.17) is 0 Å². The van der Waals surface area contributed by atoms with Gasteiger partial charge in [-0.05, 0) is 35.1 Å². The van der Waals surface area contributed by atoms with Crippen LogP contribution in [0.25, 0.3) is 10.8 Å². The molecule has 0 radical (unpaired) electrons. The quantitative estimate of drug-likeness (QED) is 0.813. The maximum atomic E-state index is 12.3. The highest BCUT2D eigenvalue weighted by Gasteiger charge is 2.20. The van der Waals surface area contributed by atoms with Gasteiger partial charge in [0, 0.05) is 13.1 Å². The molecule has 0 atom stereocenters. The molecule has 0 N–H and O–H groups in total. The van der Waals surface area contributed by atoms with Crippen LogP contribution in [0.5, 0.6) is 0 Å². The molecule has 2 heteroatoms. The Bertz CT molecular complexity index is 612. The molecule has 1 saturated heterocycles. The van der Waals surface area contributed by atoms with Crippen LogP contribution >= 0.6 is 0 Å². The van der Waals surface area contributed by atoms with Crippen LogP contribution in [0.4, 0.5) is 0 Å². The average molecular weight is 267 g/mol. The number of amides is 1. The number of carbonyl (C=O) groups is 1. The van der Waals surface area contributed by atoms with Crippen molar-refractivity contribution in [3.63, 3.8) is 0 Å². The first-order valence-corrected chi connectivity index (χ1v) is 7.48. The summed E-state index contributed by atoms with van der Waals surface area (Å²) in [6, 6.07) is 14.6. The van der Waals surface area contributed by atoms with Crippen molar-refractivity contribution in [3.05, 3.63) is 48.0 Å². The summed E-state index contributed by atoms with van der Waals surface area (Å²) in [6.07, 6.45) is 2.81. The highest BCUT2D eigenvalue weighted by atomic mass is 16.2. The summed E-state index contributed by atoms with van der Waals surface area (Å²) in [5.41, 5.74) is 1.12. The first kappa shape index (κ1) is 13.2. The lowest BCUT2D eigenvalue weighted by molar-refractivity contribution is -0.131. The summed E-state index contributed by atoms with van der Waals surface area (Å²) in [6.45, 7) is 4.12. The number of likely N-dealkylation sites (tertiary alicyclic amines) is 1. The number of nitrogens with zero attached hydrogens (tertiary/aromatic N) is 1. The van der Waals surface area contributed by atoms with E-state index in [0.29, 0.717) is 6.42 Å². The molecule has 0 bridgehead atoms. The number of carbonyl (C=O) groups excluding carboxylic acids is 1. The van der Waals surface area contributed by atoms with Crippen molar-refractivity contribution in [2.24, 2.45) is 5.92 Å². The molecule has 0 saturated carbocycles. The fraction of sp³-hybridized carbons (Fsp3) is 0.389. The Morgan fingerprint density at radius 2 is 1.80 bits per heavy atom. The summed E-state index contributed by atoms with van der Waals surface area (Å²) in [5, 5.41) is 2.44. The van der Waals surface area contributed by atoms with Crippen LogP contribution in [0.1, 0.15) is 25.3 Å². The Hall–Kier alpha value is -1.83. The van der Waals surface area contributed by atoms with E-state index in [0.717, 1.165) is 37.4 Å². The van der Waals surface area contributed by atoms with Crippen LogP contribution in [0, 0.1) is 5.92 Å². The van der Waals surface area contributed by atoms with Crippen molar-refractivity contribution in [1.82, 2.24) is 4.90 Å². The lowest BCUT2D eigenvalue weighted by Crippen LogP contribution is -2.38.